The molecule has 0 spiro atoms. The summed E-state index contributed by atoms with van der Waals surface area (Å²) in [6.07, 6.45) is 2.47. The van der Waals surface area contributed by atoms with Crippen molar-refractivity contribution in [1.82, 2.24) is 19.3 Å². The number of aryl methyl sites for hydroxylation is 1. The molecule has 1 aromatic carbocycles. The third kappa shape index (κ3) is 4.36. The minimum atomic E-state index is -0.133. The zero-order valence-electron chi connectivity index (χ0n) is 18.3. The first-order chi connectivity index (χ1) is 15.0. The maximum atomic E-state index is 13.2. The van der Waals surface area contributed by atoms with E-state index < -0.39 is 0 Å². The molecule has 2 aromatic rings. The van der Waals surface area contributed by atoms with E-state index in [0.29, 0.717) is 32.7 Å². The summed E-state index contributed by atoms with van der Waals surface area (Å²) in [6.45, 7) is 7.22. The van der Waals surface area contributed by atoms with Crippen LogP contribution in [-0.2, 0) is 20.9 Å². The Morgan fingerprint density at radius 1 is 0.839 bits per heavy atom. The highest BCUT2D eigenvalue weighted by Crippen LogP contribution is 2.34. The molecule has 1 fully saturated rings. The van der Waals surface area contributed by atoms with Crippen molar-refractivity contribution in [3.63, 3.8) is 0 Å². The van der Waals surface area contributed by atoms with Gasteiger partial charge in [0.05, 0.1) is 6.04 Å². The Balaban J connectivity index is 1.43. The molecule has 1 atom stereocenters. The van der Waals surface area contributed by atoms with Crippen LogP contribution >= 0.6 is 0 Å². The number of carbonyl (C=O) groups is 3. The fourth-order valence-electron chi connectivity index (χ4n) is 4.66. The molecule has 4 rings (SSSR count). The highest BCUT2D eigenvalue weighted by atomic mass is 16.2. The van der Waals surface area contributed by atoms with E-state index in [1.807, 2.05) is 23.1 Å². The third-order valence-corrected chi connectivity index (χ3v) is 6.47. The van der Waals surface area contributed by atoms with Gasteiger partial charge in [-0.2, -0.15) is 0 Å². The van der Waals surface area contributed by atoms with Gasteiger partial charge in [-0.15, -0.1) is 0 Å². The molecule has 0 unspecified atom stereocenters. The fraction of sp³-hybridized carbons (Fsp3) is 0.458. The Hall–Kier alpha value is -3.09. The Labute approximate surface area is 183 Å². The van der Waals surface area contributed by atoms with E-state index in [4.69, 9.17) is 0 Å². The van der Waals surface area contributed by atoms with Gasteiger partial charge in [-0.3, -0.25) is 14.4 Å². The Kier molecular flexibility index (Phi) is 6.11. The molecule has 7 heteroatoms. The van der Waals surface area contributed by atoms with Crippen molar-refractivity contribution >= 4 is 17.7 Å². The maximum absolute atomic E-state index is 13.2. The van der Waals surface area contributed by atoms with E-state index in [1.54, 1.807) is 16.7 Å². The minimum absolute atomic E-state index is 0.00983. The van der Waals surface area contributed by atoms with Gasteiger partial charge in [0, 0.05) is 70.9 Å². The lowest BCUT2D eigenvalue weighted by atomic mass is 9.95. The number of amides is 3. The van der Waals surface area contributed by atoms with Gasteiger partial charge in [-0.1, -0.05) is 24.3 Å². The fourth-order valence-corrected chi connectivity index (χ4v) is 4.66. The molecule has 164 valence electrons. The van der Waals surface area contributed by atoms with Gasteiger partial charge in [0.2, 0.25) is 17.7 Å². The molecule has 2 aliphatic heterocycles. The summed E-state index contributed by atoms with van der Waals surface area (Å²) >= 11 is 0. The van der Waals surface area contributed by atoms with Gasteiger partial charge in [0.25, 0.3) is 0 Å². The molecular formula is C24H30N4O3. The van der Waals surface area contributed by atoms with Gasteiger partial charge in [-0.05, 0) is 30.2 Å². The summed E-state index contributed by atoms with van der Waals surface area (Å²) in [5.41, 5.74) is 3.39. The van der Waals surface area contributed by atoms with Gasteiger partial charge in [0.15, 0.2) is 0 Å². The summed E-state index contributed by atoms with van der Waals surface area (Å²) in [5.74, 6) is 0.0418. The van der Waals surface area contributed by atoms with Crippen molar-refractivity contribution in [2.24, 2.45) is 0 Å². The van der Waals surface area contributed by atoms with Crippen LogP contribution in [0.5, 0.6) is 0 Å². The molecule has 3 heterocycles. The van der Waals surface area contributed by atoms with Crippen LogP contribution in [-0.4, -0.2) is 69.7 Å². The van der Waals surface area contributed by atoms with Gasteiger partial charge in [0.1, 0.15) is 0 Å². The predicted molar refractivity (Wildman–Crippen MR) is 117 cm³/mol. The predicted octanol–water partition coefficient (Wildman–Crippen LogP) is 2.20. The van der Waals surface area contributed by atoms with Crippen LogP contribution in [0.3, 0.4) is 0 Å². The van der Waals surface area contributed by atoms with Crippen molar-refractivity contribution in [2.75, 3.05) is 32.7 Å². The largest absolute Gasteiger partial charge is 0.348 e. The molecule has 0 aliphatic carbocycles. The monoisotopic (exact) mass is 422 g/mol. The third-order valence-electron chi connectivity index (χ3n) is 6.47. The number of fused-ring (bicyclic) bond motifs is 1. The Bertz CT molecular complexity index is 975. The van der Waals surface area contributed by atoms with Crippen LogP contribution in [0.1, 0.15) is 42.6 Å². The second-order valence-corrected chi connectivity index (χ2v) is 8.36. The second-order valence-electron chi connectivity index (χ2n) is 8.36. The summed E-state index contributed by atoms with van der Waals surface area (Å²) in [7, 11) is 0. The molecule has 7 nitrogen and oxygen atoms in total. The summed E-state index contributed by atoms with van der Waals surface area (Å²) in [4.78, 5) is 42.8. The van der Waals surface area contributed by atoms with Gasteiger partial charge < -0.3 is 19.3 Å². The lowest BCUT2D eigenvalue weighted by Gasteiger charge is -2.38. The van der Waals surface area contributed by atoms with Crippen LogP contribution in [0.25, 0.3) is 0 Å². The number of piperazine rings is 1. The molecule has 1 saturated heterocycles. The number of hydrogen-bond acceptors (Lipinski definition) is 3. The summed E-state index contributed by atoms with van der Waals surface area (Å²) in [5, 5.41) is 0. The van der Waals surface area contributed by atoms with E-state index >= 15 is 0 Å². The number of carbonyl (C=O) groups excluding carboxylic acids is 3. The maximum Gasteiger partial charge on any atom is 0.223 e. The number of nitrogens with zero attached hydrogens (tertiary/aromatic N) is 4. The summed E-state index contributed by atoms with van der Waals surface area (Å²) in [6, 6.07) is 12.2. The molecule has 0 N–H and O–H groups in total. The Morgan fingerprint density at radius 2 is 1.52 bits per heavy atom. The highest BCUT2D eigenvalue weighted by Gasteiger charge is 2.33. The average Bonchev–Trinajstić information content (AvgIpc) is 3.26. The molecule has 0 radical (unpaired) electrons. The summed E-state index contributed by atoms with van der Waals surface area (Å²) < 4.78 is 2.21. The number of benzene rings is 1. The number of hydrogen-bond donors (Lipinski definition) is 0. The second kappa shape index (κ2) is 8.96. The van der Waals surface area contributed by atoms with E-state index in [9.17, 15) is 14.4 Å². The molecular weight excluding hydrogens is 392 g/mol. The van der Waals surface area contributed by atoms with E-state index in [0.717, 1.165) is 23.4 Å². The number of rotatable bonds is 4. The molecule has 0 saturated carbocycles. The van der Waals surface area contributed by atoms with Gasteiger partial charge in [-0.25, -0.2) is 0 Å². The van der Waals surface area contributed by atoms with E-state index in [-0.39, 0.29) is 36.6 Å². The van der Waals surface area contributed by atoms with Crippen LogP contribution in [0.4, 0.5) is 0 Å². The first-order valence-electron chi connectivity index (χ1n) is 11.0. The highest BCUT2D eigenvalue weighted by molar-refractivity contribution is 5.84. The van der Waals surface area contributed by atoms with Crippen LogP contribution in [0.2, 0.25) is 0 Å². The lowest BCUT2D eigenvalue weighted by molar-refractivity contribution is -0.141. The van der Waals surface area contributed by atoms with Crippen molar-refractivity contribution in [2.45, 2.75) is 39.3 Å². The van der Waals surface area contributed by atoms with Gasteiger partial charge >= 0.3 is 0 Å². The minimum Gasteiger partial charge on any atom is -0.348 e. The molecule has 1 aromatic heterocycles. The van der Waals surface area contributed by atoms with Crippen molar-refractivity contribution in [3.05, 3.63) is 59.4 Å². The average molecular weight is 423 g/mol. The quantitative estimate of drug-likeness (QED) is 0.759. The van der Waals surface area contributed by atoms with Crippen LogP contribution < -0.4 is 0 Å². The normalized spacial score (nSPS) is 18.6. The first-order valence-corrected chi connectivity index (χ1v) is 11.0. The molecule has 0 bridgehead atoms. The molecule has 2 aliphatic rings. The SMILES string of the molecule is CC(=O)N1CCN(C(=O)CCC(=O)N2CCn3cccc3[C@@H]2c2ccccc2C)CC1. The zero-order chi connectivity index (χ0) is 22.0. The smallest absolute Gasteiger partial charge is 0.223 e. The zero-order valence-corrected chi connectivity index (χ0v) is 18.3. The molecule has 31 heavy (non-hydrogen) atoms. The van der Waals surface area contributed by atoms with Crippen LogP contribution in [0, 0.1) is 6.92 Å². The number of aromatic nitrogens is 1. The van der Waals surface area contributed by atoms with E-state index in [2.05, 4.69) is 35.9 Å². The topological polar surface area (TPSA) is 65.9 Å². The van der Waals surface area contributed by atoms with Crippen molar-refractivity contribution < 1.29 is 14.4 Å². The van der Waals surface area contributed by atoms with Crippen molar-refractivity contribution in [1.29, 1.82) is 0 Å². The molecule has 3 amide bonds. The lowest BCUT2D eigenvalue weighted by Crippen LogP contribution is -2.50. The van der Waals surface area contributed by atoms with Crippen LogP contribution in [0.15, 0.2) is 42.6 Å². The first kappa shape index (κ1) is 21.2. The Morgan fingerprint density at radius 3 is 2.23 bits per heavy atom. The van der Waals surface area contributed by atoms with E-state index in [1.165, 1.54) is 0 Å². The van der Waals surface area contributed by atoms with Crippen molar-refractivity contribution in [3.8, 4) is 0 Å². The standard InChI is InChI=1S/C24H30N4O3/c1-18-6-3-4-7-20(18)24-21-8-5-11-26(21)16-17-28(24)23(31)10-9-22(30)27-14-12-25(13-15-27)19(2)29/h3-8,11,24H,9-10,12-17H2,1-2H3/t24-/m0/s1.